The number of unbranched alkanes of at least 4 members (excludes halogenated alkanes) is 33. The van der Waals surface area contributed by atoms with E-state index in [-0.39, 0.29) is 12.5 Å². The Morgan fingerprint density at radius 3 is 1.29 bits per heavy atom. The molecule has 1 aliphatic rings. The molecule has 0 aliphatic carbocycles. The molecule has 7 atom stereocenters. The second-order valence-electron chi connectivity index (χ2n) is 18.5. The third-order valence-electron chi connectivity index (χ3n) is 12.7. The Hall–Kier alpha value is -0.900. The van der Waals surface area contributed by atoms with Crippen LogP contribution in [0.4, 0.5) is 0 Å². The van der Waals surface area contributed by atoms with E-state index in [9.17, 15) is 38.2 Å². The van der Waals surface area contributed by atoms with E-state index in [1.54, 1.807) is 0 Å². The predicted octanol–water partition coefficient (Wildman–Crippen LogP) is 10.9. The Balaban J connectivity index is 2.29. The second-order valence-corrected chi connectivity index (χ2v) is 19.5. The van der Waals surface area contributed by atoms with Crippen LogP contribution in [-0.4, -0.2) is 95.4 Å². The largest absolute Gasteiger partial charge is 0.397 e. The number of aliphatic hydroxyl groups is 4. The minimum absolute atomic E-state index is 0.226. The Kier molecular flexibility index (Phi) is 38.5. The molecular weight excluding hydrogens is 811 g/mol. The van der Waals surface area contributed by atoms with Crippen LogP contribution in [0.3, 0.4) is 0 Å². The van der Waals surface area contributed by atoms with Crippen LogP contribution < -0.4 is 5.32 Å². The van der Waals surface area contributed by atoms with Crippen LogP contribution in [0.5, 0.6) is 0 Å². The summed E-state index contributed by atoms with van der Waals surface area (Å²) >= 11 is 0. The summed E-state index contributed by atoms with van der Waals surface area (Å²) in [4.78, 5) is 13.1. The molecule has 13 heteroatoms. The number of carbonyl (C=O) groups excluding carboxylic acids is 1. The van der Waals surface area contributed by atoms with E-state index in [2.05, 4.69) is 23.3 Å². The standard InChI is InChI=1S/C49H97NO11S/c1-3-5-7-9-11-13-15-16-17-18-19-20-21-22-23-24-25-26-27-28-29-31-33-35-37-39-45(53)50-42(43(52)38-36-34-32-30-14-12-10-8-6-4-2)41-59-49-47(55)48(61-62(56,57)58)46(54)44(40-51)60-49/h42-44,46-49,51-52,54-55H,3-41H2,1-2H3,(H,50,53)(H,56,57,58). The molecule has 370 valence electrons. The van der Waals surface area contributed by atoms with Gasteiger partial charge in [-0.05, 0) is 12.8 Å². The number of hydrogen-bond donors (Lipinski definition) is 6. The minimum Gasteiger partial charge on any atom is -0.394 e. The van der Waals surface area contributed by atoms with Crippen molar-refractivity contribution in [2.45, 2.75) is 294 Å². The van der Waals surface area contributed by atoms with E-state index in [1.165, 1.54) is 173 Å². The molecule has 6 N–H and O–H groups in total. The number of amides is 1. The van der Waals surface area contributed by atoms with Crippen LogP contribution in [-0.2, 0) is 28.9 Å². The van der Waals surface area contributed by atoms with Crippen molar-refractivity contribution in [3.05, 3.63) is 0 Å². The fraction of sp³-hybridized carbons (Fsp3) is 0.980. The topological polar surface area (TPSA) is 192 Å². The zero-order valence-electron chi connectivity index (χ0n) is 39.7. The highest BCUT2D eigenvalue weighted by molar-refractivity contribution is 7.80. The molecule has 0 aromatic rings. The number of nitrogens with one attached hydrogen (secondary N) is 1. The molecule has 1 heterocycles. The van der Waals surface area contributed by atoms with E-state index in [1.807, 2.05) is 0 Å². The van der Waals surface area contributed by atoms with E-state index in [0.29, 0.717) is 12.8 Å². The summed E-state index contributed by atoms with van der Waals surface area (Å²) in [6.45, 7) is 3.45. The Morgan fingerprint density at radius 1 is 0.581 bits per heavy atom. The normalized spacial score (nSPS) is 20.4. The smallest absolute Gasteiger partial charge is 0.394 e. The van der Waals surface area contributed by atoms with Gasteiger partial charge in [0.25, 0.3) is 0 Å². The fourth-order valence-electron chi connectivity index (χ4n) is 8.64. The molecule has 1 rings (SSSR count). The Bertz CT molecular complexity index is 1120. The van der Waals surface area contributed by atoms with Crippen molar-refractivity contribution in [3.8, 4) is 0 Å². The van der Waals surface area contributed by atoms with Gasteiger partial charge in [0, 0.05) is 6.42 Å². The molecule has 7 unspecified atom stereocenters. The van der Waals surface area contributed by atoms with Gasteiger partial charge in [0.15, 0.2) is 6.29 Å². The van der Waals surface area contributed by atoms with E-state index in [0.717, 1.165) is 51.4 Å². The summed E-state index contributed by atoms with van der Waals surface area (Å²) < 4.78 is 47.7. The first-order valence-electron chi connectivity index (χ1n) is 25.9. The predicted molar refractivity (Wildman–Crippen MR) is 250 cm³/mol. The summed E-state index contributed by atoms with van der Waals surface area (Å²) in [5.41, 5.74) is 0. The molecular formula is C49H97NO11S. The summed E-state index contributed by atoms with van der Waals surface area (Å²) in [5.74, 6) is -0.226. The first kappa shape index (κ1) is 59.1. The van der Waals surface area contributed by atoms with E-state index in [4.69, 9.17) is 9.47 Å². The zero-order chi connectivity index (χ0) is 45.5. The Morgan fingerprint density at radius 2 is 0.935 bits per heavy atom. The van der Waals surface area contributed by atoms with Crippen molar-refractivity contribution in [1.29, 1.82) is 0 Å². The third kappa shape index (κ3) is 32.7. The molecule has 1 saturated heterocycles. The van der Waals surface area contributed by atoms with Crippen LogP contribution in [0.1, 0.15) is 251 Å². The van der Waals surface area contributed by atoms with Crippen LogP contribution in [0.2, 0.25) is 0 Å². The van der Waals surface area contributed by atoms with Gasteiger partial charge in [-0.3, -0.25) is 9.35 Å². The SMILES string of the molecule is CCCCCCCCCCCCCCCCCCCCCCCCCCCC(=O)NC(COC1OC(CO)C(O)C(OS(=O)(=O)O)C1O)C(O)CCCCCCCCCCCC. The van der Waals surface area contributed by atoms with Gasteiger partial charge < -0.3 is 35.2 Å². The highest BCUT2D eigenvalue weighted by atomic mass is 32.3. The highest BCUT2D eigenvalue weighted by Crippen LogP contribution is 2.26. The highest BCUT2D eigenvalue weighted by Gasteiger charge is 2.48. The monoisotopic (exact) mass is 908 g/mol. The summed E-state index contributed by atoms with van der Waals surface area (Å²) in [6.07, 6.45) is 35.6. The molecule has 0 saturated carbocycles. The van der Waals surface area contributed by atoms with Gasteiger partial charge in [0.2, 0.25) is 5.91 Å². The number of rotatable bonds is 45. The lowest BCUT2D eigenvalue weighted by Gasteiger charge is -2.41. The number of carbonyl (C=O) groups is 1. The van der Waals surface area contributed by atoms with Crippen molar-refractivity contribution in [2.75, 3.05) is 13.2 Å². The third-order valence-corrected chi connectivity index (χ3v) is 13.1. The van der Waals surface area contributed by atoms with Gasteiger partial charge in [-0.15, -0.1) is 0 Å². The zero-order valence-corrected chi connectivity index (χ0v) is 40.5. The van der Waals surface area contributed by atoms with Crippen LogP contribution >= 0.6 is 0 Å². The molecule has 0 aromatic heterocycles. The second kappa shape index (κ2) is 40.4. The fourth-order valence-corrected chi connectivity index (χ4v) is 9.15. The summed E-state index contributed by atoms with van der Waals surface area (Å²) in [5, 5.41) is 44.8. The van der Waals surface area contributed by atoms with Crippen molar-refractivity contribution in [3.63, 3.8) is 0 Å². The maximum absolute atomic E-state index is 13.1. The number of ether oxygens (including phenoxy) is 2. The van der Waals surface area contributed by atoms with Crippen molar-refractivity contribution in [1.82, 2.24) is 5.32 Å². The molecule has 1 aliphatic heterocycles. The van der Waals surface area contributed by atoms with Crippen molar-refractivity contribution >= 4 is 16.3 Å². The lowest BCUT2D eigenvalue weighted by Crippen LogP contribution is -2.61. The van der Waals surface area contributed by atoms with E-state index >= 15 is 0 Å². The molecule has 0 aromatic carbocycles. The quantitative estimate of drug-likeness (QED) is 0.0252. The molecule has 62 heavy (non-hydrogen) atoms. The molecule has 0 radical (unpaired) electrons. The summed E-state index contributed by atoms with van der Waals surface area (Å²) in [7, 11) is -5.07. The van der Waals surface area contributed by atoms with Gasteiger partial charge >= 0.3 is 10.4 Å². The average molecular weight is 908 g/mol. The number of aliphatic hydroxyl groups excluding tert-OH is 4. The molecule has 0 spiro atoms. The maximum Gasteiger partial charge on any atom is 0.397 e. The van der Waals surface area contributed by atoms with Crippen LogP contribution in [0.25, 0.3) is 0 Å². The van der Waals surface area contributed by atoms with Gasteiger partial charge in [0.1, 0.15) is 24.4 Å². The molecule has 1 amide bonds. The first-order chi connectivity index (χ1) is 30.0. The first-order valence-corrected chi connectivity index (χ1v) is 27.3. The van der Waals surface area contributed by atoms with Crippen molar-refractivity contribution < 1.29 is 51.8 Å². The van der Waals surface area contributed by atoms with Gasteiger partial charge in [-0.25, -0.2) is 4.18 Å². The van der Waals surface area contributed by atoms with Crippen molar-refractivity contribution in [2.24, 2.45) is 0 Å². The lowest BCUT2D eigenvalue weighted by atomic mass is 9.99. The van der Waals surface area contributed by atoms with Gasteiger partial charge in [-0.1, -0.05) is 232 Å². The average Bonchev–Trinajstić information content (AvgIpc) is 3.24. The summed E-state index contributed by atoms with van der Waals surface area (Å²) in [6, 6.07) is -0.851. The van der Waals surface area contributed by atoms with Crippen LogP contribution in [0, 0.1) is 0 Å². The Labute approximate surface area is 379 Å². The van der Waals surface area contributed by atoms with E-state index < -0.39 is 59.9 Å². The maximum atomic E-state index is 13.1. The molecule has 1 fully saturated rings. The molecule has 0 bridgehead atoms. The van der Waals surface area contributed by atoms with Crippen LogP contribution in [0.15, 0.2) is 0 Å². The van der Waals surface area contributed by atoms with Gasteiger partial charge in [0.05, 0.1) is 25.4 Å². The number of hydrogen-bond acceptors (Lipinski definition) is 10. The lowest BCUT2D eigenvalue weighted by molar-refractivity contribution is -0.298. The van der Waals surface area contributed by atoms with Gasteiger partial charge in [-0.2, -0.15) is 8.42 Å². The molecule has 12 nitrogen and oxygen atoms in total. The minimum atomic E-state index is -5.07.